The Morgan fingerprint density at radius 1 is 1.39 bits per heavy atom. The number of ether oxygens (including phenoxy) is 1. The molecule has 7 nitrogen and oxygen atoms in total. The summed E-state index contributed by atoms with van der Waals surface area (Å²) in [5, 5.41) is 16.7. The fraction of sp³-hybridized carbons (Fsp3) is 0.400. The molecule has 0 bridgehead atoms. The molecule has 3 rings (SSSR count). The minimum absolute atomic E-state index is 0.0762. The van der Waals surface area contributed by atoms with Gasteiger partial charge in [0.2, 0.25) is 5.91 Å². The number of anilines is 1. The quantitative estimate of drug-likeness (QED) is 0.620. The predicted octanol–water partition coefficient (Wildman–Crippen LogP) is 3.99. The summed E-state index contributed by atoms with van der Waals surface area (Å²) in [6, 6.07) is 7.85. The Morgan fingerprint density at radius 2 is 2.21 bits per heavy atom. The molecule has 2 heterocycles. The maximum atomic E-state index is 12.4. The highest BCUT2D eigenvalue weighted by Crippen LogP contribution is 2.29. The van der Waals surface area contributed by atoms with Gasteiger partial charge in [-0.25, -0.2) is 4.98 Å². The van der Waals surface area contributed by atoms with Gasteiger partial charge in [0, 0.05) is 12.1 Å². The van der Waals surface area contributed by atoms with Crippen LogP contribution in [0.4, 0.5) is 5.13 Å². The Kier molecular flexibility index (Phi) is 6.26. The van der Waals surface area contributed by atoms with Crippen molar-refractivity contribution in [2.24, 2.45) is 0 Å². The molecule has 0 saturated carbocycles. The third-order valence-electron chi connectivity index (χ3n) is 4.49. The molecule has 0 fully saturated rings. The van der Waals surface area contributed by atoms with Gasteiger partial charge < -0.3 is 10.1 Å². The molecule has 28 heavy (non-hydrogen) atoms. The molecule has 0 unspecified atom stereocenters. The number of aromatic nitrogens is 3. The minimum Gasteiger partial charge on any atom is -0.494 e. The van der Waals surface area contributed by atoms with E-state index in [9.17, 15) is 4.79 Å². The monoisotopic (exact) mass is 397 g/mol. The fourth-order valence-corrected chi connectivity index (χ4v) is 4.02. The summed E-state index contributed by atoms with van der Waals surface area (Å²) in [4.78, 5) is 16.9. The normalized spacial score (nSPS) is 10.8. The molecule has 0 spiro atoms. The van der Waals surface area contributed by atoms with Crippen molar-refractivity contribution in [2.45, 2.75) is 46.6 Å². The second-order valence-corrected chi connectivity index (χ2v) is 7.44. The summed E-state index contributed by atoms with van der Waals surface area (Å²) < 4.78 is 8.33. The predicted molar refractivity (Wildman–Crippen MR) is 110 cm³/mol. The zero-order valence-corrected chi connectivity index (χ0v) is 17.1. The van der Waals surface area contributed by atoms with Gasteiger partial charge in [0.25, 0.3) is 0 Å². The zero-order valence-electron chi connectivity index (χ0n) is 16.3. The van der Waals surface area contributed by atoms with E-state index in [1.807, 2.05) is 43.7 Å². The number of rotatable bonds is 8. The van der Waals surface area contributed by atoms with E-state index in [0.29, 0.717) is 37.5 Å². The van der Waals surface area contributed by atoms with E-state index < -0.39 is 0 Å². The molecule has 3 aromatic rings. The van der Waals surface area contributed by atoms with E-state index in [-0.39, 0.29) is 5.91 Å². The van der Waals surface area contributed by atoms with E-state index in [0.717, 1.165) is 32.9 Å². The Balaban J connectivity index is 1.62. The van der Waals surface area contributed by atoms with Crippen molar-refractivity contribution in [2.75, 3.05) is 11.9 Å². The van der Waals surface area contributed by atoms with Crippen LogP contribution in [-0.2, 0) is 17.8 Å². The number of hydrogen-bond acceptors (Lipinski definition) is 6. The third kappa shape index (κ3) is 4.49. The van der Waals surface area contributed by atoms with Crippen LogP contribution in [-0.4, -0.2) is 27.3 Å². The van der Waals surface area contributed by atoms with E-state index in [1.54, 1.807) is 0 Å². The van der Waals surface area contributed by atoms with E-state index in [2.05, 4.69) is 21.5 Å². The van der Waals surface area contributed by atoms with Gasteiger partial charge in [-0.2, -0.15) is 10.4 Å². The van der Waals surface area contributed by atoms with E-state index >= 15 is 0 Å². The summed E-state index contributed by atoms with van der Waals surface area (Å²) in [7, 11) is 0. The first-order valence-electron chi connectivity index (χ1n) is 9.25. The number of hydrogen-bond donors (Lipinski definition) is 1. The molecule has 1 N–H and O–H groups in total. The second-order valence-electron chi connectivity index (χ2n) is 6.41. The number of amides is 1. The highest BCUT2D eigenvalue weighted by Gasteiger charge is 2.14. The number of nitrogens with one attached hydrogen (secondary N) is 1. The molecule has 2 aromatic heterocycles. The highest BCUT2D eigenvalue weighted by atomic mass is 32.1. The third-order valence-corrected chi connectivity index (χ3v) is 5.42. The zero-order chi connectivity index (χ0) is 20.1. The van der Waals surface area contributed by atoms with E-state index in [1.165, 1.54) is 11.3 Å². The van der Waals surface area contributed by atoms with Gasteiger partial charge in [0.1, 0.15) is 5.75 Å². The van der Waals surface area contributed by atoms with Crippen molar-refractivity contribution >= 4 is 32.6 Å². The summed E-state index contributed by atoms with van der Waals surface area (Å²) in [6.45, 7) is 7.05. The minimum atomic E-state index is -0.0762. The molecule has 146 valence electrons. The summed E-state index contributed by atoms with van der Waals surface area (Å²) in [5.74, 6) is 0.726. The highest BCUT2D eigenvalue weighted by molar-refractivity contribution is 7.22. The van der Waals surface area contributed by atoms with Gasteiger partial charge in [0.15, 0.2) is 5.13 Å². The van der Waals surface area contributed by atoms with Gasteiger partial charge in [-0.15, -0.1) is 0 Å². The number of benzene rings is 1. The number of aryl methyl sites for hydroxylation is 2. The van der Waals surface area contributed by atoms with Gasteiger partial charge in [-0.1, -0.05) is 11.3 Å². The lowest BCUT2D eigenvalue weighted by molar-refractivity contribution is -0.116. The maximum absolute atomic E-state index is 12.4. The molecular weight excluding hydrogens is 374 g/mol. The molecule has 1 aromatic carbocycles. The van der Waals surface area contributed by atoms with Crippen molar-refractivity contribution in [3.63, 3.8) is 0 Å². The fourth-order valence-electron chi connectivity index (χ4n) is 3.10. The van der Waals surface area contributed by atoms with Gasteiger partial charge >= 0.3 is 0 Å². The van der Waals surface area contributed by atoms with Crippen molar-refractivity contribution in [1.29, 1.82) is 5.26 Å². The first-order chi connectivity index (χ1) is 13.5. The van der Waals surface area contributed by atoms with Crippen molar-refractivity contribution in [3.8, 4) is 11.8 Å². The maximum Gasteiger partial charge on any atom is 0.226 e. The Labute approximate surface area is 168 Å². The average Bonchev–Trinajstić information content (AvgIpc) is 3.18. The van der Waals surface area contributed by atoms with Crippen molar-refractivity contribution < 1.29 is 9.53 Å². The lowest BCUT2D eigenvalue weighted by Gasteiger charge is -2.04. The van der Waals surface area contributed by atoms with Crippen molar-refractivity contribution in [1.82, 2.24) is 14.8 Å². The topological polar surface area (TPSA) is 92.8 Å². The summed E-state index contributed by atoms with van der Waals surface area (Å²) >= 11 is 1.44. The van der Waals surface area contributed by atoms with Crippen LogP contribution in [0.5, 0.6) is 5.75 Å². The first kappa shape index (κ1) is 19.8. The Hall–Kier alpha value is -2.92. The van der Waals surface area contributed by atoms with Crippen LogP contribution < -0.4 is 10.1 Å². The molecule has 1 amide bonds. The molecule has 0 aliphatic rings. The molecule has 0 saturated heterocycles. The molecule has 8 heteroatoms. The number of carbonyl (C=O) groups excluding carboxylic acids is 1. The number of thiazole rings is 1. The Morgan fingerprint density at radius 3 is 2.96 bits per heavy atom. The largest absolute Gasteiger partial charge is 0.494 e. The standard InChI is InChI=1S/C20H23N5O2S/c1-4-27-15-6-8-17-18(12-15)28-20(22-17)23-19(26)9-7-16-13(2)24-25(14(16)3)11-5-10-21/h6,8,12H,4-5,7,9,11H2,1-3H3,(H,22,23,26). The summed E-state index contributed by atoms with van der Waals surface area (Å²) in [5.41, 5.74) is 3.84. The van der Waals surface area contributed by atoms with Crippen LogP contribution >= 0.6 is 11.3 Å². The lowest BCUT2D eigenvalue weighted by Crippen LogP contribution is -2.12. The SMILES string of the molecule is CCOc1ccc2nc(NC(=O)CCc3c(C)nn(CCC#N)c3C)sc2c1. The molecule has 0 aliphatic heterocycles. The van der Waals surface area contributed by atoms with Crippen LogP contribution in [0.25, 0.3) is 10.2 Å². The summed E-state index contributed by atoms with van der Waals surface area (Å²) in [6.07, 6.45) is 1.38. The van der Waals surface area contributed by atoms with E-state index in [4.69, 9.17) is 10.00 Å². The van der Waals surface area contributed by atoms with Crippen LogP contribution in [0.3, 0.4) is 0 Å². The molecule has 0 radical (unpaired) electrons. The van der Waals surface area contributed by atoms with Gasteiger partial charge in [-0.3, -0.25) is 9.48 Å². The smallest absolute Gasteiger partial charge is 0.226 e. The van der Waals surface area contributed by atoms with Crippen LogP contribution in [0.15, 0.2) is 18.2 Å². The number of fused-ring (bicyclic) bond motifs is 1. The number of carbonyl (C=O) groups is 1. The number of nitrogens with zero attached hydrogens (tertiary/aromatic N) is 4. The average molecular weight is 398 g/mol. The molecule has 0 atom stereocenters. The molecule has 0 aliphatic carbocycles. The van der Waals surface area contributed by atoms with Gasteiger partial charge in [0.05, 0.1) is 41.6 Å². The van der Waals surface area contributed by atoms with Crippen molar-refractivity contribution in [3.05, 3.63) is 35.2 Å². The Bertz CT molecular complexity index is 1030. The second kappa shape index (κ2) is 8.85. The number of nitriles is 1. The molecular formula is C20H23N5O2S. The first-order valence-corrected chi connectivity index (χ1v) is 10.1. The van der Waals surface area contributed by atoms with Crippen LogP contribution in [0, 0.1) is 25.2 Å². The van der Waals surface area contributed by atoms with Gasteiger partial charge in [-0.05, 0) is 51.0 Å². The van der Waals surface area contributed by atoms with Crippen LogP contribution in [0.2, 0.25) is 0 Å². The van der Waals surface area contributed by atoms with Crippen LogP contribution in [0.1, 0.15) is 36.7 Å². The lowest BCUT2D eigenvalue weighted by atomic mass is 10.1.